The van der Waals surface area contributed by atoms with Crippen LogP contribution >= 0.6 is 0 Å². The van der Waals surface area contributed by atoms with E-state index >= 15 is 0 Å². The van der Waals surface area contributed by atoms with E-state index in [1.54, 1.807) is 6.92 Å². The number of H-pyrrole nitrogens is 1. The Hall–Kier alpha value is -3.92. The molecule has 4 aromatic rings. The van der Waals surface area contributed by atoms with Crippen molar-refractivity contribution in [3.63, 3.8) is 0 Å². The highest BCUT2D eigenvalue weighted by Crippen LogP contribution is 2.32. The maximum absolute atomic E-state index is 14.9. The number of carboxylic acids is 1. The number of rotatable bonds is 5. The lowest BCUT2D eigenvalue weighted by atomic mass is 9.97. The number of nitrogens with two attached hydrogens (primary N) is 1. The van der Waals surface area contributed by atoms with Crippen molar-refractivity contribution >= 4 is 23.0 Å². The van der Waals surface area contributed by atoms with Gasteiger partial charge in [0.25, 0.3) is 0 Å². The number of aryl methyl sites for hydroxylation is 1. The first-order chi connectivity index (χ1) is 16.8. The number of fused-ring (bicyclic) bond motifs is 1. The van der Waals surface area contributed by atoms with Gasteiger partial charge in [-0.25, -0.2) is 23.7 Å². The number of aromatic nitrogens is 4. The zero-order valence-electron chi connectivity index (χ0n) is 19.1. The van der Waals surface area contributed by atoms with Gasteiger partial charge < -0.3 is 15.8 Å². The predicted molar refractivity (Wildman–Crippen MR) is 127 cm³/mol. The first kappa shape index (κ1) is 22.9. The Balaban J connectivity index is 1.38. The van der Waals surface area contributed by atoms with Crippen LogP contribution in [0.25, 0.3) is 33.5 Å². The molecular weight excluding hydrogens is 454 g/mol. The number of likely N-dealkylation sites (tertiary alicyclic amines) is 1. The average molecular weight is 479 g/mol. The van der Waals surface area contributed by atoms with E-state index in [1.165, 1.54) is 12.3 Å². The van der Waals surface area contributed by atoms with E-state index in [-0.39, 0.29) is 22.9 Å². The monoisotopic (exact) mass is 478 g/mol. The minimum atomic E-state index is -1.04. The molecule has 10 heteroatoms. The highest BCUT2D eigenvalue weighted by Gasteiger charge is 2.24. The third-order valence-corrected chi connectivity index (χ3v) is 6.52. The summed E-state index contributed by atoms with van der Waals surface area (Å²) in [4.78, 5) is 28.7. The summed E-state index contributed by atoms with van der Waals surface area (Å²) in [5.74, 6) is -2.56. The van der Waals surface area contributed by atoms with E-state index in [9.17, 15) is 13.6 Å². The standard InChI is InChI=1S/C25H24F2N6O2/c1-13-18(11-29-25(28)30-13)17-10-19-22(21(27)20(17)26)32-23(31-19)15-4-2-14(3-5-15)12-33-8-6-16(7-9-33)24(34)35/h2-5,10-11,16H,6-9,12H2,1H3,(H,31,32)(H,34,35)(H2,28,29,30). The van der Waals surface area contributed by atoms with Crippen LogP contribution in [0.5, 0.6) is 0 Å². The van der Waals surface area contributed by atoms with Crippen molar-refractivity contribution in [2.75, 3.05) is 18.8 Å². The largest absolute Gasteiger partial charge is 0.481 e. The molecule has 0 spiro atoms. The van der Waals surface area contributed by atoms with Crippen LogP contribution in [0.2, 0.25) is 0 Å². The number of nitrogens with one attached hydrogen (secondary N) is 1. The molecule has 0 saturated carbocycles. The molecule has 3 heterocycles. The van der Waals surface area contributed by atoms with Crippen molar-refractivity contribution in [1.82, 2.24) is 24.8 Å². The second kappa shape index (κ2) is 9.03. The maximum atomic E-state index is 14.9. The molecule has 0 atom stereocenters. The third kappa shape index (κ3) is 4.44. The number of imidazole rings is 1. The number of nitrogen functional groups attached to an aromatic ring is 1. The maximum Gasteiger partial charge on any atom is 0.306 e. The van der Waals surface area contributed by atoms with Crippen LogP contribution in [0.15, 0.2) is 36.5 Å². The molecule has 0 amide bonds. The fourth-order valence-corrected chi connectivity index (χ4v) is 4.53. The first-order valence-electron chi connectivity index (χ1n) is 11.3. The molecule has 1 aliphatic rings. The zero-order chi connectivity index (χ0) is 24.7. The van der Waals surface area contributed by atoms with Gasteiger partial charge in [-0.2, -0.15) is 0 Å². The van der Waals surface area contributed by atoms with Gasteiger partial charge in [-0.15, -0.1) is 0 Å². The molecule has 2 aromatic heterocycles. The van der Waals surface area contributed by atoms with Crippen molar-refractivity contribution < 1.29 is 18.7 Å². The fourth-order valence-electron chi connectivity index (χ4n) is 4.53. The molecule has 1 aliphatic heterocycles. The van der Waals surface area contributed by atoms with Gasteiger partial charge in [-0.3, -0.25) is 9.69 Å². The summed E-state index contributed by atoms with van der Waals surface area (Å²) in [5, 5.41) is 9.15. The lowest BCUT2D eigenvalue weighted by Gasteiger charge is -2.30. The van der Waals surface area contributed by atoms with E-state index in [2.05, 4.69) is 24.8 Å². The first-order valence-corrected chi connectivity index (χ1v) is 11.3. The van der Waals surface area contributed by atoms with Crippen LogP contribution in [-0.2, 0) is 11.3 Å². The number of hydrogen-bond acceptors (Lipinski definition) is 6. The molecule has 1 fully saturated rings. The van der Waals surface area contributed by atoms with E-state index in [0.717, 1.165) is 30.8 Å². The van der Waals surface area contributed by atoms with E-state index in [1.807, 2.05) is 24.3 Å². The molecule has 180 valence electrons. The van der Waals surface area contributed by atoms with Crippen LogP contribution < -0.4 is 5.73 Å². The molecule has 35 heavy (non-hydrogen) atoms. The van der Waals surface area contributed by atoms with Crippen molar-refractivity contribution in [3.05, 3.63) is 59.4 Å². The number of benzene rings is 2. The number of aromatic amines is 1. The lowest BCUT2D eigenvalue weighted by molar-refractivity contribution is -0.143. The summed E-state index contributed by atoms with van der Waals surface area (Å²) in [6, 6.07) is 9.18. The molecule has 1 saturated heterocycles. The van der Waals surface area contributed by atoms with Gasteiger partial charge in [0.05, 0.1) is 17.1 Å². The van der Waals surface area contributed by atoms with E-state index in [4.69, 9.17) is 10.8 Å². The Bertz CT molecular complexity index is 1410. The Labute approximate surface area is 199 Å². The molecule has 8 nitrogen and oxygen atoms in total. The smallest absolute Gasteiger partial charge is 0.306 e. The topological polar surface area (TPSA) is 121 Å². The number of anilines is 1. The summed E-state index contributed by atoms with van der Waals surface area (Å²) < 4.78 is 29.8. The second-order valence-corrected chi connectivity index (χ2v) is 8.85. The number of carbonyl (C=O) groups is 1. The van der Waals surface area contributed by atoms with Crippen LogP contribution in [0, 0.1) is 24.5 Å². The third-order valence-electron chi connectivity index (χ3n) is 6.52. The minimum Gasteiger partial charge on any atom is -0.481 e. The van der Waals surface area contributed by atoms with Gasteiger partial charge in [0.1, 0.15) is 11.3 Å². The predicted octanol–water partition coefficient (Wildman–Crippen LogP) is 4.15. The van der Waals surface area contributed by atoms with Crippen molar-refractivity contribution in [1.29, 1.82) is 0 Å². The SMILES string of the molecule is Cc1nc(N)ncc1-c1cc2[nH]c(-c3ccc(CN4CCC(C(=O)O)CC4)cc3)nc2c(F)c1F. The Kier molecular flexibility index (Phi) is 5.89. The number of piperidine rings is 1. The molecular formula is C25H24F2N6O2. The van der Waals surface area contributed by atoms with Gasteiger partial charge >= 0.3 is 5.97 Å². The Morgan fingerprint density at radius 1 is 1.14 bits per heavy atom. The van der Waals surface area contributed by atoms with Crippen LogP contribution in [0.1, 0.15) is 24.1 Å². The molecule has 0 bridgehead atoms. The summed E-state index contributed by atoms with van der Waals surface area (Å²) >= 11 is 0. The second-order valence-electron chi connectivity index (χ2n) is 8.85. The van der Waals surface area contributed by atoms with Crippen molar-refractivity contribution in [2.24, 2.45) is 5.92 Å². The van der Waals surface area contributed by atoms with Crippen molar-refractivity contribution in [2.45, 2.75) is 26.3 Å². The van der Waals surface area contributed by atoms with Gasteiger partial charge in [0.2, 0.25) is 5.95 Å². The van der Waals surface area contributed by atoms with Gasteiger partial charge in [-0.05, 0) is 44.5 Å². The summed E-state index contributed by atoms with van der Waals surface area (Å²) in [6.07, 6.45) is 2.68. The summed E-state index contributed by atoms with van der Waals surface area (Å²) in [5.41, 5.74) is 8.50. The minimum absolute atomic E-state index is 0.0321. The summed E-state index contributed by atoms with van der Waals surface area (Å²) in [7, 11) is 0. The van der Waals surface area contributed by atoms with Gasteiger partial charge in [0, 0.05) is 29.4 Å². The lowest BCUT2D eigenvalue weighted by Crippen LogP contribution is -2.35. The molecule has 2 aromatic carbocycles. The zero-order valence-corrected chi connectivity index (χ0v) is 19.1. The average Bonchev–Trinajstić information content (AvgIpc) is 3.27. The van der Waals surface area contributed by atoms with E-state index < -0.39 is 17.6 Å². The summed E-state index contributed by atoms with van der Waals surface area (Å²) in [6.45, 7) is 3.87. The van der Waals surface area contributed by atoms with E-state index in [0.29, 0.717) is 35.4 Å². The number of halogens is 2. The quantitative estimate of drug-likeness (QED) is 0.394. The molecule has 0 radical (unpaired) electrons. The Morgan fingerprint density at radius 2 is 1.86 bits per heavy atom. The molecule has 5 rings (SSSR count). The molecule has 0 aliphatic carbocycles. The van der Waals surface area contributed by atoms with Crippen molar-refractivity contribution in [3.8, 4) is 22.5 Å². The number of aliphatic carboxylic acids is 1. The van der Waals surface area contributed by atoms with Crippen LogP contribution in [0.4, 0.5) is 14.7 Å². The highest BCUT2D eigenvalue weighted by molar-refractivity contribution is 5.86. The normalized spacial score (nSPS) is 15.1. The number of carboxylic acid groups (broad SMARTS) is 1. The molecule has 0 unspecified atom stereocenters. The van der Waals surface area contributed by atoms with Crippen LogP contribution in [0.3, 0.4) is 0 Å². The highest BCUT2D eigenvalue weighted by atomic mass is 19.2. The van der Waals surface area contributed by atoms with Crippen LogP contribution in [-0.4, -0.2) is 49.0 Å². The fraction of sp³-hybridized carbons (Fsp3) is 0.280. The number of nitrogens with zero attached hydrogens (tertiary/aromatic N) is 4. The van der Waals surface area contributed by atoms with Gasteiger partial charge in [-0.1, -0.05) is 24.3 Å². The number of hydrogen-bond donors (Lipinski definition) is 3. The van der Waals surface area contributed by atoms with Gasteiger partial charge in [0.15, 0.2) is 11.6 Å². The Morgan fingerprint density at radius 3 is 2.51 bits per heavy atom. The molecule has 4 N–H and O–H groups in total.